The summed E-state index contributed by atoms with van der Waals surface area (Å²) in [6.45, 7) is 0.367. The second kappa shape index (κ2) is 7.11. The van der Waals surface area contributed by atoms with E-state index in [4.69, 9.17) is 4.74 Å². The molecule has 0 saturated carbocycles. The van der Waals surface area contributed by atoms with Crippen molar-refractivity contribution in [3.05, 3.63) is 96.4 Å². The molecule has 0 spiro atoms. The summed E-state index contributed by atoms with van der Waals surface area (Å²) in [5.74, 6) is 0.537. The van der Waals surface area contributed by atoms with Crippen molar-refractivity contribution >= 4 is 17.2 Å². The highest BCUT2D eigenvalue weighted by atomic mass is 16.5. The number of nitrogens with zero attached hydrogens (tertiary/aromatic N) is 2. The van der Waals surface area contributed by atoms with Crippen LogP contribution in [0.3, 0.4) is 0 Å². The predicted octanol–water partition coefficient (Wildman–Crippen LogP) is 4.17. The van der Waals surface area contributed by atoms with Gasteiger partial charge in [-0.2, -0.15) is 0 Å². The molecule has 0 unspecified atom stereocenters. The van der Waals surface area contributed by atoms with Gasteiger partial charge in [-0.05, 0) is 30.3 Å². The van der Waals surface area contributed by atoms with Crippen LogP contribution in [0.4, 0.5) is 5.69 Å². The molecule has 5 heteroatoms. The number of hydrogen-bond donors (Lipinski definition) is 1. The monoisotopic (exact) mass is 343 g/mol. The minimum absolute atomic E-state index is 0.249. The highest BCUT2D eigenvalue weighted by Gasteiger charge is 2.13. The molecule has 4 rings (SSSR count). The minimum Gasteiger partial charge on any atom is -0.489 e. The molecule has 0 aliphatic rings. The van der Waals surface area contributed by atoms with E-state index in [9.17, 15) is 4.79 Å². The number of hydrogen-bond acceptors (Lipinski definition) is 3. The number of fused-ring (bicyclic) bond motifs is 1. The SMILES string of the molecule is O=C(Nc1ccccc1COc1ccccc1)c1cn2ccccc2n1. The number of carbonyl (C=O) groups excluding carboxylic acids is 1. The first-order chi connectivity index (χ1) is 12.8. The summed E-state index contributed by atoms with van der Waals surface area (Å²) in [5, 5.41) is 2.93. The predicted molar refractivity (Wildman–Crippen MR) is 100 cm³/mol. The Morgan fingerprint density at radius 3 is 2.58 bits per heavy atom. The molecule has 1 N–H and O–H groups in total. The second-order valence-corrected chi connectivity index (χ2v) is 5.81. The van der Waals surface area contributed by atoms with Crippen LogP contribution < -0.4 is 10.1 Å². The van der Waals surface area contributed by atoms with Crippen LogP contribution in [-0.4, -0.2) is 15.3 Å². The topological polar surface area (TPSA) is 55.6 Å². The molecule has 0 fully saturated rings. The van der Waals surface area contributed by atoms with E-state index >= 15 is 0 Å². The first-order valence-electron chi connectivity index (χ1n) is 8.30. The first-order valence-corrected chi connectivity index (χ1v) is 8.30. The van der Waals surface area contributed by atoms with E-state index in [1.54, 1.807) is 6.20 Å². The Balaban J connectivity index is 1.51. The van der Waals surface area contributed by atoms with Crippen LogP contribution in [0.2, 0.25) is 0 Å². The van der Waals surface area contributed by atoms with Gasteiger partial charge in [-0.3, -0.25) is 4.79 Å². The van der Waals surface area contributed by atoms with E-state index < -0.39 is 0 Å². The highest BCUT2D eigenvalue weighted by Crippen LogP contribution is 2.19. The summed E-state index contributed by atoms with van der Waals surface area (Å²) in [5.41, 5.74) is 2.72. The van der Waals surface area contributed by atoms with Crippen LogP contribution >= 0.6 is 0 Å². The third-order valence-corrected chi connectivity index (χ3v) is 4.00. The van der Waals surface area contributed by atoms with Crippen LogP contribution in [-0.2, 0) is 6.61 Å². The lowest BCUT2D eigenvalue weighted by molar-refractivity contribution is 0.102. The molecule has 5 nitrogen and oxygen atoms in total. The molecule has 0 saturated heterocycles. The normalized spacial score (nSPS) is 10.6. The van der Waals surface area contributed by atoms with Crippen molar-refractivity contribution < 1.29 is 9.53 Å². The number of amides is 1. The van der Waals surface area contributed by atoms with Gasteiger partial charge in [0.2, 0.25) is 0 Å². The number of aromatic nitrogens is 2. The molecule has 0 aliphatic carbocycles. The standard InChI is InChI=1S/C21H17N3O2/c25-21(19-14-24-13-7-6-12-20(24)22-19)23-18-11-5-4-8-16(18)15-26-17-9-2-1-3-10-17/h1-14H,15H2,(H,23,25). The molecule has 1 amide bonds. The number of pyridine rings is 1. The largest absolute Gasteiger partial charge is 0.489 e. The molecule has 2 heterocycles. The Labute approximate surface area is 150 Å². The van der Waals surface area contributed by atoms with Gasteiger partial charge in [0.1, 0.15) is 23.7 Å². The summed E-state index contributed by atoms with van der Waals surface area (Å²) >= 11 is 0. The van der Waals surface area contributed by atoms with E-state index in [2.05, 4.69) is 10.3 Å². The zero-order valence-corrected chi connectivity index (χ0v) is 14.0. The van der Waals surface area contributed by atoms with Crippen molar-refractivity contribution in [2.24, 2.45) is 0 Å². The Hall–Kier alpha value is -3.60. The zero-order valence-electron chi connectivity index (χ0n) is 14.0. The molecule has 0 aliphatic heterocycles. The Kier molecular flexibility index (Phi) is 4.35. The van der Waals surface area contributed by atoms with Gasteiger partial charge in [0, 0.05) is 23.6 Å². The maximum absolute atomic E-state index is 12.6. The van der Waals surface area contributed by atoms with Crippen molar-refractivity contribution in [1.29, 1.82) is 0 Å². The van der Waals surface area contributed by atoms with Gasteiger partial charge in [0.05, 0.1) is 0 Å². The van der Waals surface area contributed by atoms with Crippen LogP contribution in [0.15, 0.2) is 85.2 Å². The number of rotatable bonds is 5. The van der Waals surface area contributed by atoms with Crippen molar-refractivity contribution in [2.75, 3.05) is 5.32 Å². The summed E-state index contributed by atoms with van der Waals surface area (Å²) in [6.07, 6.45) is 3.58. The van der Waals surface area contributed by atoms with E-state index in [-0.39, 0.29) is 5.91 Å². The fraction of sp³-hybridized carbons (Fsp3) is 0.0476. The van der Waals surface area contributed by atoms with E-state index in [1.807, 2.05) is 83.4 Å². The zero-order chi connectivity index (χ0) is 17.8. The molecule has 4 aromatic rings. The van der Waals surface area contributed by atoms with Crippen molar-refractivity contribution in [3.8, 4) is 5.75 Å². The van der Waals surface area contributed by atoms with E-state index in [1.165, 1.54) is 0 Å². The molecule has 128 valence electrons. The third kappa shape index (κ3) is 3.42. The fourth-order valence-electron chi connectivity index (χ4n) is 2.68. The molecular weight excluding hydrogens is 326 g/mol. The summed E-state index contributed by atoms with van der Waals surface area (Å²) < 4.78 is 7.62. The van der Waals surface area contributed by atoms with Crippen LogP contribution in [0, 0.1) is 0 Å². The van der Waals surface area contributed by atoms with Gasteiger partial charge >= 0.3 is 0 Å². The first kappa shape index (κ1) is 15.9. The summed E-state index contributed by atoms with van der Waals surface area (Å²) in [4.78, 5) is 16.9. The molecule has 0 atom stereocenters. The average Bonchev–Trinajstić information content (AvgIpc) is 3.12. The Morgan fingerprint density at radius 1 is 0.962 bits per heavy atom. The number of nitrogens with one attached hydrogen (secondary N) is 1. The molecule has 0 bridgehead atoms. The molecular formula is C21H17N3O2. The number of ether oxygens (including phenoxy) is 1. The van der Waals surface area contributed by atoms with E-state index in [0.717, 1.165) is 17.0 Å². The van der Waals surface area contributed by atoms with Gasteiger partial charge < -0.3 is 14.5 Å². The van der Waals surface area contributed by atoms with Crippen LogP contribution in [0.1, 0.15) is 16.1 Å². The minimum atomic E-state index is -0.249. The third-order valence-electron chi connectivity index (χ3n) is 4.00. The van der Waals surface area contributed by atoms with Gasteiger partial charge in [-0.15, -0.1) is 0 Å². The Morgan fingerprint density at radius 2 is 1.73 bits per heavy atom. The van der Waals surface area contributed by atoms with Crippen molar-refractivity contribution in [3.63, 3.8) is 0 Å². The number of para-hydroxylation sites is 2. The van der Waals surface area contributed by atoms with Gasteiger partial charge in [0.25, 0.3) is 5.91 Å². The quantitative estimate of drug-likeness (QED) is 0.592. The van der Waals surface area contributed by atoms with Gasteiger partial charge in [0.15, 0.2) is 0 Å². The van der Waals surface area contributed by atoms with Gasteiger partial charge in [-0.1, -0.05) is 42.5 Å². The number of imidazole rings is 1. The summed E-state index contributed by atoms with van der Waals surface area (Å²) in [7, 11) is 0. The lowest BCUT2D eigenvalue weighted by Gasteiger charge is -2.11. The lowest BCUT2D eigenvalue weighted by atomic mass is 10.2. The van der Waals surface area contributed by atoms with Gasteiger partial charge in [-0.25, -0.2) is 4.98 Å². The number of benzene rings is 2. The average molecular weight is 343 g/mol. The van der Waals surface area contributed by atoms with E-state index in [0.29, 0.717) is 18.0 Å². The molecule has 2 aromatic heterocycles. The van der Waals surface area contributed by atoms with Crippen LogP contribution in [0.5, 0.6) is 5.75 Å². The molecule has 26 heavy (non-hydrogen) atoms. The molecule has 0 radical (unpaired) electrons. The maximum Gasteiger partial charge on any atom is 0.275 e. The molecule has 2 aromatic carbocycles. The second-order valence-electron chi connectivity index (χ2n) is 5.81. The number of carbonyl (C=O) groups is 1. The smallest absolute Gasteiger partial charge is 0.275 e. The highest BCUT2D eigenvalue weighted by molar-refractivity contribution is 6.03. The maximum atomic E-state index is 12.6. The number of anilines is 1. The summed E-state index contributed by atoms with van der Waals surface area (Å²) in [6, 6.07) is 22.8. The van der Waals surface area contributed by atoms with Crippen LogP contribution in [0.25, 0.3) is 5.65 Å². The van der Waals surface area contributed by atoms with Crippen molar-refractivity contribution in [1.82, 2.24) is 9.38 Å². The fourth-order valence-corrected chi connectivity index (χ4v) is 2.68. The van der Waals surface area contributed by atoms with Crippen molar-refractivity contribution in [2.45, 2.75) is 6.61 Å². The lowest BCUT2D eigenvalue weighted by Crippen LogP contribution is -2.14. The Bertz CT molecular complexity index is 1010.